The lowest BCUT2D eigenvalue weighted by molar-refractivity contribution is -0.166. The Morgan fingerprint density at radius 1 is 1.21 bits per heavy atom. The molecule has 5 rings (SSSR count). The van der Waals surface area contributed by atoms with Gasteiger partial charge in [0.15, 0.2) is 5.79 Å². The summed E-state index contributed by atoms with van der Waals surface area (Å²) in [5.74, 6) is -0.486. The van der Waals surface area contributed by atoms with Crippen molar-refractivity contribution in [2.75, 3.05) is 0 Å². The zero-order valence-corrected chi connectivity index (χ0v) is 14.3. The van der Waals surface area contributed by atoms with Gasteiger partial charge in [-0.3, -0.25) is 0 Å². The van der Waals surface area contributed by atoms with E-state index in [4.69, 9.17) is 9.47 Å². The Bertz CT molecular complexity index is 811. The Morgan fingerprint density at radius 3 is 2.71 bits per heavy atom. The lowest BCUT2D eigenvalue weighted by atomic mass is 9.96. The Hall–Kier alpha value is -1.50. The number of aryl methyl sites for hydroxylation is 1. The van der Waals surface area contributed by atoms with E-state index in [0.717, 1.165) is 36.0 Å². The van der Waals surface area contributed by atoms with Crippen molar-refractivity contribution < 1.29 is 14.6 Å². The van der Waals surface area contributed by atoms with Crippen LogP contribution in [0.25, 0.3) is 11.0 Å². The van der Waals surface area contributed by atoms with Crippen LogP contribution in [0.2, 0.25) is 0 Å². The molecule has 2 aromatic heterocycles. The van der Waals surface area contributed by atoms with Gasteiger partial charge in [0.25, 0.3) is 0 Å². The maximum Gasteiger partial charge on any atom is 0.163 e. The van der Waals surface area contributed by atoms with E-state index >= 15 is 0 Å². The van der Waals surface area contributed by atoms with Crippen LogP contribution in [0.5, 0.6) is 0 Å². The van der Waals surface area contributed by atoms with Crippen LogP contribution < -0.4 is 0 Å². The fourth-order valence-electron chi connectivity index (χ4n) is 4.62. The average Bonchev–Trinajstić information content (AvgIpc) is 2.87. The molecule has 1 saturated heterocycles. The predicted octanol–water partition coefficient (Wildman–Crippen LogP) is 2.35. The summed E-state index contributed by atoms with van der Waals surface area (Å²) < 4.78 is 14.6. The van der Waals surface area contributed by atoms with E-state index in [9.17, 15) is 5.11 Å². The minimum atomic E-state index is -0.606. The molecule has 0 aromatic carbocycles. The maximum atomic E-state index is 10.7. The van der Waals surface area contributed by atoms with Crippen LogP contribution in [0.3, 0.4) is 0 Å². The molecule has 6 heteroatoms. The summed E-state index contributed by atoms with van der Waals surface area (Å²) in [6.07, 6.45) is 6.16. The van der Waals surface area contributed by atoms with Crippen molar-refractivity contribution in [3.8, 4) is 0 Å². The third-order valence-electron chi connectivity index (χ3n) is 5.95. The normalized spacial score (nSPS) is 36.2. The van der Waals surface area contributed by atoms with Gasteiger partial charge >= 0.3 is 0 Å². The third-order valence-corrected chi connectivity index (χ3v) is 5.95. The first-order valence-electron chi connectivity index (χ1n) is 8.74. The molecule has 2 aliphatic carbocycles. The van der Waals surface area contributed by atoms with Gasteiger partial charge in [0, 0.05) is 17.5 Å². The van der Waals surface area contributed by atoms with Gasteiger partial charge in [-0.1, -0.05) is 0 Å². The van der Waals surface area contributed by atoms with Crippen molar-refractivity contribution >= 4 is 11.0 Å². The first-order chi connectivity index (χ1) is 11.4. The highest BCUT2D eigenvalue weighted by molar-refractivity contribution is 5.78. The molecule has 0 bridgehead atoms. The van der Waals surface area contributed by atoms with Gasteiger partial charge in [-0.25, -0.2) is 9.97 Å². The van der Waals surface area contributed by atoms with E-state index in [-0.39, 0.29) is 24.2 Å². The van der Waals surface area contributed by atoms with Crippen molar-refractivity contribution in [3.63, 3.8) is 0 Å². The highest BCUT2D eigenvalue weighted by Crippen LogP contribution is 2.57. The molecule has 2 aromatic rings. The lowest BCUT2D eigenvalue weighted by Crippen LogP contribution is -2.34. The van der Waals surface area contributed by atoms with Crippen molar-refractivity contribution in [3.05, 3.63) is 24.3 Å². The Balaban J connectivity index is 1.58. The van der Waals surface area contributed by atoms with Crippen LogP contribution in [0.15, 0.2) is 18.6 Å². The second kappa shape index (κ2) is 4.56. The third kappa shape index (κ3) is 2.00. The standard InChI is InChI=1S/C18H23N3O3/c1-10-11-4-7-21(16(11)20-9-19-10)13-8-12(18(22)5-6-18)14-15(13)24-17(2,3)23-14/h4,7,9,12-15,22H,5-6,8H2,1-3H3/t12-,13+,14+,15-/m0/s1. The second-order valence-corrected chi connectivity index (χ2v) is 8.00. The molecule has 1 N–H and O–H groups in total. The fourth-order valence-corrected chi connectivity index (χ4v) is 4.62. The lowest BCUT2D eigenvalue weighted by Gasteiger charge is -2.26. The van der Waals surface area contributed by atoms with Gasteiger partial charge in [-0.2, -0.15) is 0 Å². The summed E-state index contributed by atoms with van der Waals surface area (Å²) in [6.45, 7) is 5.91. The molecule has 1 aliphatic heterocycles. The van der Waals surface area contributed by atoms with Gasteiger partial charge in [-0.15, -0.1) is 0 Å². The van der Waals surface area contributed by atoms with Gasteiger partial charge in [0.1, 0.15) is 18.1 Å². The molecule has 0 unspecified atom stereocenters. The summed E-state index contributed by atoms with van der Waals surface area (Å²) in [7, 11) is 0. The van der Waals surface area contributed by atoms with Crippen LogP contribution in [0.1, 0.15) is 44.8 Å². The first kappa shape index (κ1) is 14.8. The summed E-state index contributed by atoms with van der Waals surface area (Å²) in [4.78, 5) is 8.77. The molecule has 3 heterocycles. The van der Waals surface area contributed by atoms with Gasteiger partial charge in [0.05, 0.1) is 23.4 Å². The van der Waals surface area contributed by atoms with Crippen LogP contribution in [-0.2, 0) is 9.47 Å². The van der Waals surface area contributed by atoms with Crippen LogP contribution in [0, 0.1) is 12.8 Å². The molecule has 3 fully saturated rings. The highest BCUT2D eigenvalue weighted by atomic mass is 16.8. The van der Waals surface area contributed by atoms with E-state index < -0.39 is 11.4 Å². The molecule has 0 radical (unpaired) electrons. The Labute approximate surface area is 140 Å². The van der Waals surface area contributed by atoms with E-state index in [1.807, 2.05) is 20.8 Å². The van der Waals surface area contributed by atoms with Crippen LogP contribution in [0.4, 0.5) is 0 Å². The van der Waals surface area contributed by atoms with E-state index in [2.05, 4.69) is 26.8 Å². The number of aliphatic hydroxyl groups is 1. The number of aromatic nitrogens is 3. The number of hydrogen-bond acceptors (Lipinski definition) is 5. The largest absolute Gasteiger partial charge is 0.389 e. The summed E-state index contributed by atoms with van der Waals surface area (Å²) in [6, 6.07) is 2.19. The Kier molecular flexibility index (Phi) is 2.82. The smallest absolute Gasteiger partial charge is 0.163 e. The van der Waals surface area contributed by atoms with Gasteiger partial charge < -0.3 is 19.1 Å². The fraction of sp³-hybridized carbons (Fsp3) is 0.667. The summed E-state index contributed by atoms with van der Waals surface area (Å²) in [5, 5.41) is 11.8. The minimum absolute atomic E-state index is 0.0551. The first-order valence-corrected chi connectivity index (χ1v) is 8.74. The topological polar surface area (TPSA) is 69.4 Å². The molecular formula is C18H23N3O3. The van der Waals surface area contributed by atoms with E-state index in [0.29, 0.717) is 0 Å². The quantitative estimate of drug-likeness (QED) is 0.916. The number of nitrogens with zero attached hydrogens (tertiary/aromatic N) is 3. The maximum absolute atomic E-state index is 10.7. The number of ether oxygens (including phenoxy) is 2. The molecule has 128 valence electrons. The minimum Gasteiger partial charge on any atom is -0.389 e. The van der Waals surface area contributed by atoms with Crippen LogP contribution in [-0.4, -0.2) is 43.2 Å². The molecule has 3 aliphatic rings. The molecule has 0 amide bonds. The Morgan fingerprint density at radius 2 is 1.96 bits per heavy atom. The predicted molar refractivity (Wildman–Crippen MR) is 87.4 cm³/mol. The number of fused-ring (bicyclic) bond motifs is 2. The highest BCUT2D eigenvalue weighted by Gasteiger charge is 2.63. The van der Waals surface area contributed by atoms with Crippen LogP contribution >= 0.6 is 0 Å². The molecule has 0 spiro atoms. The number of hydrogen-bond donors (Lipinski definition) is 1. The molecule has 6 nitrogen and oxygen atoms in total. The molecule has 4 atom stereocenters. The van der Waals surface area contributed by atoms with E-state index in [1.165, 1.54) is 0 Å². The SMILES string of the molecule is Cc1ncnc2c1ccn2[C@@H]1C[C@H](C2(O)CC2)[C@H]2OC(C)(C)O[C@H]21. The van der Waals surface area contributed by atoms with E-state index in [1.54, 1.807) is 6.33 Å². The molecule has 2 saturated carbocycles. The zero-order chi connectivity index (χ0) is 16.7. The van der Waals surface area contributed by atoms with Crippen molar-refractivity contribution in [1.82, 2.24) is 14.5 Å². The van der Waals surface area contributed by atoms with Crippen molar-refractivity contribution in [2.24, 2.45) is 5.92 Å². The second-order valence-electron chi connectivity index (χ2n) is 8.00. The monoisotopic (exact) mass is 329 g/mol. The van der Waals surface area contributed by atoms with Crippen molar-refractivity contribution in [1.29, 1.82) is 0 Å². The van der Waals surface area contributed by atoms with Gasteiger partial charge in [0.2, 0.25) is 0 Å². The van der Waals surface area contributed by atoms with Gasteiger partial charge in [-0.05, 0) is 46.1 Å². The summed E-state index contributed by atoms with van der Waals surface area (Å²) >= 11 is 0. The molecular weight excluding hydrogens is 306 g/mol. The molecule has 24 heavy (non-hydrogen) atoms. The summed E-state index contributed by atoms with van der Waals surface area (Å²) in [5.41, 5.74) is 1.34. The van der Waals surface area contributed by atoms with Crippen molar-refractivity contribution in [2.45, 2.75) is 69.7 Å². The average molecular weight is 329 g/mol. The number of rotatable bonds is 2. The zero-order valence-electron chi connectivity index (χ0n) is 14.3.